The van der Waals surface area contributed by atoms with Gasteiger partial charge in [0.15, 0.2) is 0 Å². The van der Waals surface area contributed by atoms with Gasteiger partial charge in [0.1, 0.15) is 17.4 Å². The van der Waals surface area contributed by atoms with E-state index in [2.05, 4.69) is 0 Å². The quantitative estimate of drug-likeness (QED) is 0.318. The molecule has 0 heterocycles. The number of halogens is 3. The minimum atomic E-state index is -4.72. The van der Waals surface area contributed by atoms with Crippen LogP contribution in [0, 0.1) is 21.4 Å². The van der Waals surface area contributed by atoms with E-state index in [0.717, 1.165) is 6.07 Å². The predicted molar refractivity (Wildman–Crippen MR) is 96.9 cm³/mol. The number of carbonyl (C=O) groups excluding carboxylic acids is 1. The van der Waals surface area contributed by atoms with Crippen LogP contribution in [0.15, 0.2) is 48.0 Å². The number of nitro benzene ring substituents is 1. The molecule has 1 amide bonds. The second kappa shape index (κ2) is 8.43. The van der Waals surface area contributed by atoms with Crippen molar-refractivity contribution in [1.29, 1.82) is 5.26 Å². The van der Waals surface area contributed by atoms with Crippen LogP contribution in [0.3, 0.4) is 0 Å². The fraction of sp³-hybridized carbons (Fsp3) is 0.158. The highest BCUT2D eigenvalue weighted by atomic mass is 19.4. The fourth-order valence-corrected chi connectivity index (χ4v) is 2.23. The molecule has 2 aromatic carbocycles. The molecule has 0 saturated carbocycles. The Hall–Kier alpha value is -3.87. The number of likely N-dealkylation sites (N-methyl/N-ethyl adjacent to an activating group) is 1. The van der Waals surface area contributed by atoms with E-state index in [1.165, 1.54) is 49.3 Å². The van der Waals surface area contributed by atoms with Crippen LogP contribution in [0.4, 0.5) is 18.9 Å². The highest BCUT2D eigenvalue weighted by Crippen LogP contribution is 2.37. The van der Waals surface area contributed by atoms with E-state index < -0.39 is 28.3 Å². The van der Waals surface area contributed by atoms with Gasteiger partial charge in [0.25, 0.3) is 5.91 Å². The van der Waals surface area contributed by atoms with Gasteiger partial charge in [-0.3, -0.25) is 14.9 Å². The lowest BCUT2D eigenvalue weighted by atomic mass is 10.1. The third kappa shape index (κ3) is 5.32. The van der Waals surface area contributed by atoms with E-state index in [0.29, 0.717) is 17.7 Å². The molecule has 0 spiro atoms. The summed E-state index contributed by atoms with van der Waals surface area (Å²) in [5.41, 5.74) is -1.59. The third-order valence-electron chi connectivity index (χ3n) is 3.66. The molecule has 0 N–H and O–H groups in total. The number of benzene rings is 2. The Labute approximate surface area is 163 Å². The maximum Gasteiger partial charge on any atom is 0.416 e. The van der Waals surface area contributed by atoms with E-state index in [-0.39, 0.29) is 17.1 Å². The van der Waals surface area contributed by atoms with Crippen LogP contribution < -0.4 is 4.74 Å². The molecule has 0 aliphatic rings. The lowest BCUT2D eigenvalue weighted by Gasteiger charge is -2.10. The third-order valence-corrected chi connectivity index (χ3v) is 3.66. The van der Waals surface area contributed by atoms with Crippen molar-refractivity contribution in [2.75, 3.05) is 14.1 Å². The van der Waals surface area contributed by atoms with Gasteiger partial charge in [-0.25, -0.2) is 0 Å². The van der Waals surface area contributed by atoms with Gasteiger partial charge in [-0.1, -0.05) is 12.1 Å². The van der Waals surface area contributed by atoms with Gasteiger partial charge in [-0.2, -0.15) is 18.4 Å². The van der Waals surface area contributed by atoms with Crippen LogP contribution in [0.2, 0.25) is 0 Å². The molecule has 0 saturated heterocycles. The summed E-state index contributed by atoms with van der Waals surface area (Å²) in [6.07, 6.45) is -3.37. The smallest absolute Gasteiger partial charge is 0.416 e. The first-order chi connectivity index (χ1) is 13.5. The van der Waals surface area contributed by atoms with E-state index in [1.807, 2.05) is 0 Å². The number of rotatable bonds is 5. The number of hydrogen-bond donors (Lipinski definition) is 0. The van der Waals surface area contributed by atoms with Crippen LogP contribution >= 0.6 is 0 Å². The largest absolute Gasteiger partial charge is 0.450 e. The Morgan fingerprint density at radius 2 is 1.83 bits per heavy atom. The van der Waals surface area contributed by atoms with Gasteiger partial charge < -0.3 is 9.64 Å². The van der Waals surface area contributed by atoms with Gasteiger partial charge in [0, 0.05) is 20.2 Å². The summed E-state index contributed by atoms with van der Waals surface area (Å²) in [5, 5.41) is 20.2. The number of carbonyl (C=O) groups is 1. The number of ether oxygens (including phenoxy) is 1. The zero-order valence-electron chi connectivity index (χ0n) is 15.2. The van der Waals surface area contributed by atoms with Gasteiger partial charge in [0.2, 0.25) is 5.75 Å². The zero-order valence-corrected chi connectivity index (χ0v) is 15.2. The minimum Gasteiger partial charge on any atom is -0.450 e. The molecule has 0 fully saturated rings. The normalized spacial score (nSPS) is 11.5. The van der Waals surface area contributed by atoms with E-state index in [9.17, 15) is 28.1 Å². The first-order valence-corrected chi connectivity index (χ1v) is 8.00. The fourth-order valence-electron chi connectivity index (χ4n) is 2.23. The molecule has 29 heavy (non-hydrogen) atoms. The number of alkyl halides is 3. The van der Waals surface area contributed by atoms with Crippen LogP contribution in [0.1, 0.15) is 11.1 Å². The van der Waals surface area contributed by atoms with Crippen molar-refractivity contribution in [1.82, 2.24) is 4.90 Å². The lowest BCUT2D eigenvalue weighted by Crippen LogP contribution is -2.22. The molecule has 0 aliphatic carbocycles. The van der Waals surface area contributed by atoms with E-state index in [1.54, 1.807) is 6.07 Å². The van der Waals surface area contributed by atoms with Crippen LogP contribution in [-0.4, -0.2) is 29.8 Å². The van der Waals surface area contributed by atoms with Gasteiger partial charge in [-0.05, 0) is 35.9 Å². The average molecular weight is 405 g/mol. The first-order valence-electron chi connectivity index (χ1n) is 8.00. The van der Waals surface area contributed by atoms with Crippen LogP contribution in [0.25, 0.3) is 6.08 Å². The maximum atomic E-state index is 12.8. The van der Waals surface area contributed by atoms with Gasteiger partial charge in [-0.15, -0.1) is 0 Å². The van der Waals surface area contributed by atoms with Crippen molar-refractivity contribution in [2.24, 2.45) is 0 Å². The monoisotopic (exact) mass is 405 g/mol. The van der Waals surface area contributed by atoms with E-state index >= 15 is 0 Å². The molecule has 150 valence electrons. The topological polar surface area (TPSA) is 96.5 Å². The van der Waals surface area contributed by atoms with Crippen molar-refractivity contribution in [3.8, 4) is 17.6 Å². The Morgan fingerprint density at radius 1 is 1.21 bits per heavy atom. The Bertz CT molecular complexity index is 1010. The average Bonchev–Trinajstić information content (AvgIpc) is 2.66. The SMILES string of the molecule is CN(C)C(=O)/C(C#N)=C\c1ccc(Oc2ccc(C(F)(F)F)cc2[N+](=O)[O-])cc1. The number of nitriles is 1. The summed E-state index contributed by atoms with van der Waals surface area (Å²) in [6.45, 7) is 0. The standard InChI is InChI=1S/C19H14F3N3O4/c1-24(2)18(26)13(11-23)9-12-3-6-15(7-4-12)29-17-8-5-14(19(20,21)22)10-16(17)25(27)28/h3-10H,1-2H3/b13-9-. The Kier molecular flexibility index (Phi) is 6.23. The van der Waals surface area contributed by atoms with Crippen LogP contribution in [0.5, 0.6) is 11.5 Å². The van der Waals surface area contributed by atoms with Crippen molar-refractivity contribution in [3.05, 3.63) is 69.3 Å². The Morgan fingerprint density at radius 3 is 2.31 bits per heavy atom. The van der Waals surface area contributed by atoms with Crippen molar-refractivity contribution < 1.29 is 27.6 Å². The Balaban J connectivity index is 2.29. The second-order valence-corrected chi connectivity index (χ2v) is 5.98. The second-order valence-electron chi connectivity index (χ2n) is 5.98. The van der Waals surface area contributed by atoms with Crippen molar-refractivity contribution >= 4 is 17.7 Å². The number of nitrogens with zero attached hydrogens (tertiary/aromatic N) is 3. The predicted octanol–water partition coefficient (Wildman–Crippen LogP) is 4.40. The molecular weight excluding hydrogens is 391 g/mol. The molecule has 7 nitrogen and oxygen atoms in total. The molecular formula is C19H14F3N3O4. The summed E-state index contributed by atoms with van der Waals surface area (Å²) in [7, 11) is 3.00. The molecule has 0 bridgehead atoms. The highest BCUT2D eigenvalue weighted by Gasteiger charge is 2.33. The molecule has 0 unspecified atom stereocenters. The summed E-state index contributed by atoms with van der Waals surface area (Å²) in [5.74, 6) is -0.706. The summed E-state index contributed by atoms with van der Waals surface area (Å²) in [6, 6.07) is 9.55. The number of nitro groups is 1. The molecule has 0 radical (unpaired) electrons. The highest BCUT2D eigenvalue weighted by molar-refractivity contribution is 6.01. The van der Waals surface area contributed by atoms with Crippen LogP contribution in [-0.2, 0) is 11.0 Å². The molecule has 2 aromatic rings. The lowest BCUT2D eigenvalue weighted by molar-refractivity contribution is -0.385. The maximum absolute atomic E-state index is 12.8. The first kappa shape index (κ1) is 21.4. The van der Waals surface area contributed by atoms with Crippen molar-refractivity contribution in [3.63, 3.8) is 0 Å². The van der Waals surface area contributed by atoms with Gasteiger partial charge >= 0.3 is 11.9 Å². The number of amides is 1. The molecule has 0 atom stereocenters. The summed E-state index contributed by atoms with van der Waals surface area (Å²) in [4.78, 5) is 23.2. The molecule has 2 rings (SSSR count). The molecule has 0 aliphatic heterocycles. The van der Waals surface area contributed by atoms with E-state index in [4.69, 9.17) is 10.00 Å². The zero-order chi connectivity index (χ0) is 21.8. The summed E-state index contributed by atoms with van der Waals surface area (Å²) < 4.78 is 43.6. The van der Waals surface area contributed by atoms with Gasteiger partial charge in [0.05, 0.1) is 10.5 Å². The van der Waals surface area contributed by atoms with Crippen molar-refractivity contribution in [2.45, 2.75) is 6.18 Å². The minimum absolute atomic E-state index is 0.0953. The number of hydrogen-bond acceptors (Lipinski definition) is 5. The molecule has 0 aromatic heterocycles. The molecule has 10 heteroatoms. The summed E-state index contributed by atoms with van der Waals surface area (Å²) >= 11 is 0.